The zero-order valence-electron chi connectivity index (χ0n) is 12.6. The number of nitrogens with two attached hydrogens (primary N) is 1. The summed E-state index contributed by atoms with van der Waals surface area (Å²) in [4.78, 5) is 15.0. The van der Waals surface area contributed by atoms with Gasteiger partial charge in [-0.15, -0.1) is 0 Å². The van der Waals surface area contributed by atoms with Crippen LogP contribution in [0.25, 0.3) is 0 Å². The zero-order chi connectivity index (χ0) is 14.4. The molecule has 5 aliphatic carbocycles. The largest absolute Gasteiger partial charge is 0.390 e. The van der Waals surface area contributed by atoms with Gasteiger partial charge in [-0.05, 0) is 74.5 Å². The summed E-state index contributed by atoms with van der Waals surface area (Å²) in [5, 5.41) is 10.8. The fraction of sp³-hybridized carbons (Fsp3) is 0.941. The minimum absolute atomic E-state index is 0.108. The first-order valence-corrected chi connectivity index (χ1v) is 8.77. The number of carbonyl (C=O) groups is 1. The Morgan fingerprint density at radius 1 is 1.19 bits per heavy atom. The third-order valence-electron chi connectivity index (χ3n) is 7.31. The van der Waals surface area contributed by atoms with E-state index in [1.807, 2.05) is 0 Å². The zero-order valence-corrected chi connectivity index (χ0v) is 12.6. The van der Waals surface area contributed by atoms with Crippen molar-refractivity contribution in [1.82, 2.24) is 4.90 Å². The Labute approximate surface area is 126 Å². The van der Waals surface area contributed by atoms with Crippen molar-refractivity contribution in [3.05, 3.63) is 0 Å². The molecule has 1 heterocycles. The van der Waals surface area contributed by atoms with Crippen molar-refractivity contribution in [3.8, 4) is 0 Å². The third kappa shape index (κ3) is 1.72. The van der Waals surface area contributed by atoms with Crippen LogP contribution in [0.5, 0.6) is 0 Å². The molecule has 0 aromatic carbocycles. The molecule has 0 aromatic rings. The fourth-order valence-corrected chi connectivity index (χ4v) is 6.76. The molecule has 1 saturated heterocycles. The maximum atomic E-state index is 12.9. The Bertz CT molecular complexity index is 491. The van der Waals surface area contributed by atoms with Crippen LogP contribution < -0.4 is 5.73 Å². The SMILES string of the molecule is N[C@H](C(=O)N1CCC2CC21)C12CC3C[C@@H](CC(O)(C3)C1)C2. The van der Waals surface area contributed by atoms with E-state index in [0.29, 0.717) is 17.9 Å². The van der Waals surface area contributed by atoms with E-state index in [-0.39, 0.29) is 17.4 Å². The summed E-state index contributed by atoms with van der Waals surface area (Å²) in [7, 11) is 0. The van der Waals surface area contributed by atoms with Crippen molar-refractivity contribution in [2.45, 2.75) is 69.1 Å². The minimum Gasteiger partial charge on any atom is -0.390 e. The van der Waals surface area contributed by atoms with E-state index in [4.69, 9.17) is 5.73 Å². The van der Waals surface area contributed by atoms with Gasteiger partial charge in [0, 0.05) is 12.6 Å². The van der Waals surface area contributed by atoms with Crippen LogP contribution in [-0.4, -0.2) is 40.1 Å². The maximum absolute atomic E-state index is 12.9. The van der Waals surface area contributed by atoms with E-state index >= 15 is 0 Å². The molecule has 6 rings (SSSR count). The monoisotopic (exact) mass is 290 g/mol. The molecular formula is C17H26N2O2. The van der Waals surface area contributed by atoms with E-state index in [1.165, 1.54) is 19.3 Å². The average molecular weight is 290 g/mol. The topological polar surface area (TPSA) is 66.6 Å². The lowest BCUT2D eigenvalue weighted by Crippen LogP contribution is -2.64. The molecule has 21 heavy (non-hydrogen) atoms. The molecule has 4 bridgehead atoms. The summed E-state index contributed by atoms with van der Waals surface area (Å²) >= 11 is 0. The highest BCUT2D eigenvalue weighted by Gasteiger charge is 2.61. The van der Waals surface area contributed by atoms with Gasteiger partial charge in [-0.3, -0.25) is 4.79 Å². The molecule has 1 aliphatic heterocycles. The second-order valence-electron chi connectivity index (χ2n) is 8.91. The molecule has 7 atom stereocenters. The van der Waals surface area contributed by atoms with Crippen LogP contribution in [0.15, 0.2) is 0 Å². The number of piperidine rings is 1. The van der Waals surface area contributed by atoms with E-state index in [0.717, 1.165) is 44.6 Å². The fourth-order valence-electron chi connectivity index (χ4n) is 6.76. The standard InChI is InChI=1S/C17H26N2O2/c18-14(15(20)19-2-1-12-4-13(12)19)16-5-10-3-11(6-16)8-17(21,7-10)9-16/h10-14,21H,1-9,18H2/t10-,11?,12?,13?,14-,16?,17?/m1/s1. The number of aliphatic hydroxyl groups is 1. The number of nitrogens with zero attached hydrogens (tertiary/aromatic N) is 1. The van der Waals surface area contributed by atoms with Crippen molar-refractivity contribution >= 4 is 5.91 Å². The number of carbonyl (C=O) groups excluding carboxylic acids is 1. The molecule has 4 nitrogen and oxygen atoms in total. The molecule has 3 N–H and O–H groups in total. The van der Waals surface area contributed by atoms with E-state index in [1.54, 1.807) is 0 Å². The summed E-state index contributed by atoms with van der Waals surface area (Å²) in [6.07, 6.45) is 8.41. The molecule has 0 spiro atoms. The third-order valence-corrected chi connectivity index (χ3v) is 7.31. The van der Waals surface area contributed by atoms with Crippen molar-refractivity contribution in [2.24, 2.45) is 28.9 Å². The van der Waals surface area contributed by atoms with E-state index in [2.05, 4.69) is 4.90 Å². The first-order valence-electron chi connectivity index (χ1n) is 8.77. The molecule has 6 aliphatic rings. The van der Waals surface area contributed by atoms with Gasteiger partial charge in [0.25, 0.3) is 0 Å². The van der Waals surface area contributed by atoms with E-state index < -0.39 is 5.60 Å². The Balaban J connectivity index is 1.42. The number of rotatable bonds is 2. The Morgan fingerprint density at radius 2 is 1.90 bits per heavy atom. The van der Waals surface area contributed by atoms with Gasteiger partial charge in [-0.1, -0.05) is 0 Å². The van der Waals surface area contributed by atoms with Crippen molar-refractivity contribution in [3.63, 3.8) is 0 Å². The highest BCUT2D eigenvalue weighted by molar-refractivity contribution is 5.83. The summed E-state index contributed by atoms with van der Waals surface area (Å²) in [6.45, 7) is 0.912. The van der Waals surface area contributed by atoms with E-state index in [9.17, 15) is 9.90 Å². The lowest BCUT2D eigenvalue weighted by molar-refractivity contribution is -0.177. The van der Waals surface area contributed by atoms with Crippen LogP contribution in [0.1, 0.15) is 51.4 Å². The Hall–Kier alpha value is -0.610. The predicted molar refractivity (Wildman–Crippen MR) is 78.3 cm³/mol. The molecule has 0 radical (unpaired) electrons. The summed E-state index contributed by atoms with van der Waals surface area (Å²) in [6, 6.07) is 0.120. The second kappa shape index (κ2) is 3.83. The molecule has 4 heteroatoms. The van der Waals surface area contributed by atoms with Gasteiger partial charge in [-0.25, -0.2) is 0 Å². The minimum atomic E-state index is -0.519. The summed E-state index contributed by atoms with van der Waals surface area (Å²) < 4.78 is 0. The van der Waals surface area contributed by atoms with Crippen LogP contribution in [-0.2, 0) is 4.79 Å². The molecule has 1 amide bonds. The van der Waals surface area contributed by atoms with Gasteiger partial charge < -0.3 is 15.7 Å². The number of likely N-dealkylation sites (tertiary alicyclic amines) is 1. The molecule has 5 saturated carbocycles. The van der Waals surface area contributed by atoms with Crippen LogP contribution in [0.2, 0.25) is 0 Å². The first-order chi connectivity index (χ1) is 9.98. The molecular weight excluding hydrogens is 264 g/mol. The smallest absolute Gasteiger partial charge is 0.240 e. The summed E-state index contributed by atoms with van der Waals surface area (Å²) in [5.41, 5.74) is 5.91. The van der Waals surface area contributed by atoms with Crippen molar-refractivity contribution < 1.29 is 9.90 Å². The number of fused-ring (bicyclic) bond motifs is 1. The lowest BCUT2D eigenvalue weighted by atomic mass is 9.46. The Kier molecular flexibility index (Phi) is 2.35. The maximum Gasteiger partial charge on any atom is 0.240 e. The van der Waals surface area contributed by atoms with Crippen LogP contribution in [0, 0.1) is 23.2 Å². The van der Waals surface area contributed by atoms with Crippen molar-refractivity contribution in [1.29, 1.82) is 0 Å². The first kappa shape index (κ1) is 12.9. The van der Waals surface area contributed by atoms with Gasteiger partial charge >= 0.3 is 0 Å². The molecule has 116 valence electrons. The number of hydrogen-bond acceptors (Lipinski definition) is 3. The quantitative estimate of drug-likeness (QED) is 0.805. The predicted octanol–water partition coefficient (Wildman–Crippen LogP) is 1.27. The summed E-state index contributed by atoms with van der Waals surface area (Å²) in [5.74, 6) is 2.15. The number of hydrogen-bond donors (Lipinski definition) is 2. The van der Waals surface area contributed by atoms with Gasteiger partial charge in [0.15, 0.2) is 0 Å². The lowest BCUT2D eigenvalue weighted by Gasteiger charge is -2.61. The second-order valence-corrected chi connectivity index (χ2v) is 8.91. The van der Waals surface area contributed by atoms with Gasteiger partial charge in [0.1, 0.15) is 0 Å². The van der Waals surface area contributed by atoms with Crippen molar-refractivity contribution in [2.75, 3.05) is 6.54 Å². The highest BCUT2D eigenvalue weighted by atomic mass is 16.3. The van der Waals surface area contributed by atoms with Gasteiger partial charge in [0.05, 0.1) is 11.6 Å². The van der Waals surface area contributed by atoms with Gasteiger partial charge in [-0.2, -0.15) is 0 Å². The van der Waals surface area contributed by atoms with Crippen LogP contribution >= 0.6 is 0 Å². The number of amides is 1. The molecule has 0 aromatic heterocycles. The Morgan fingerprint density at radius 3 is 2.43 bits per heavy atom. The van der Waals surface area contributed by atoms with Crippen LogP contribution in [0.3, 0.4) is 0 Å². The average Bonchev–Trinajstić information content (AvgIpc) is 3.05. The van der Waals surface area contributed by atoms with Crippen LogP contribution in [0.4, 0.5) is 0 Å². The normalized spacial score (nSPS) is 54.7. The molecule has 5 unspecified atom stereocenters. The van der Waals surface area contributed by atoms with Gasteiger partial charge in [0.2, 0.25) is 5.91 Å². The highest BCUT2D eigenvalue weighted by Crippen LogP contribution is 2.62. The molecule has 6 fully saturated rings.